The summed E-state index contributed by atoms with van der Waals surface area (Å²) in [6.07, 6.45) is 4.66. The number of hydrogen-bond donors (Lipinski definition) is 1. The van der Waals surface area contributed by atoms with Gasteiger partial charge in [-0.15, -0.1) is 0 Å². The van der Waals surface area contributed by atoms with E-state index in [1.807, 2.05) is 0 Å². The molecule has 0 aliphatic heterocycles. The molecule has 13 heavy (non-hydrogen) atoms. The lowest BCUT2D eigenvalue weighted by molar-refractivity contribution is -0.254. The summed E-state index contributed by atoms with van der Waals surface area (Å²) in [6, 6.07) is 0. The van der Waals surface area contributed by atoms with Crippen molar-refractivity contribution in [3.05, 3.63) is 0 Å². The van der Waals surface area contributed by atoms with E-state index in [2.05, 4.69) is 20.8 Å². The Bertz CT molecular complexity index is 201. The van der Waals surface area contributed by atoms with E-state index in [4.69, 9.17) is 4.74 Å². The smallest absolute Gasteiger partial charge is 0.0688 e. The molecule has 0 radical (unpaired) electrons. The Labute approximate surface area is 80.3 Å². The molecule has 0 aromatic carbocycles. The highest BCUT2D eigenvalue weighted by atomic mass is 16.5. The molecule has 2 nitrogen and oxygen atoms in total. The largest absolute Gasteiger partial charge is 0.392 e. The fourth-order valence-electron chi connectivity index (χ4n) is 2.56. The molecule has 2 heteroatoms. The van der Waals surface area contributed by atoms with Gasteiger partial charge in [0, 0.05) is 11.8 Å². The average Bonchev–Trinajstić information content (AvgIpc) is 1.78. The highest BCUT2D eigenvalue weighted by molar-refractivity contribution is 5.09. The molecule has 0 aromatic heterocycles. The van der Waals surface area contributed by atoms with Crippen molar-refractivity contribution < 1.29 is 9.84 Å². The van der Waals surface area contributed by atoms with Gasteiger partial charge in [0.05, 0.1) is 17.8 Å². The summed E-state index contributed by atoms with van der Waals surface area (Å²) in [6.45, 7) is 6.26. The first-order chi connectivity index (χ1) is 5.94. The lowest BCUT2D eigenvalue weighted by Crippen LogP contribution is -2.63. The van der Waals surface area contributed by atoms with Crippen molar-refractivity contribution in [3.8, 4) is 0 Å². The molecule has 2 rings (SSSR count). The average molecular weight is 184 g/mol. The third-order valence-corrected chi connectivity index (χ3v) is 3.52. The predicted octanol–water partition coefficient (Wildman–Crippen LogP) is 2.10. The summed E-state index contributed by atoms with van der Waals surface area (Å²) in [7, 11) is 0. The second kappa shape index (κ2) is 2.71. The molecule has 2 fully saturated rings. The van der Waals surface area contributed by atoms with E-state index in [1.54, 1.807) is 0 Å². The SMILES string of the molecule is CC(C)(C)O[C@@H]1C[C@@H](O)C12CCC2. The van der Waals surface area contributed by atoms with Crippen molar-refractivity contribution >= 4 is 0 Å². The first kappa shape index (κ1) is 9.47. The quantitative estimate of drug-likeness (QED) is 0.676. The summed E-state index contributed by atoms with van der Waals surface area (Å²) >= 11 is 0. The Morgan fingerprint density at radius 3 is 2.23 bits per heavy atom. The molecule has 0 aromatic rings. The van der Waals surface area contributed by atoms with Crippen LogP contribution in [0.1, 0.15) is 46.5 Å². The lowest BCUT2D eigenvalue weighted by atomic mass is 9.52. The number of aliphatic hydroxyl groups excluding tert-OH is 1. The van der Waals surface area contributed by atoms with Gasteiger partial charge >= 0.3 is 0 Å². The number of rotatable bonds is 1. The molecule has 76 valence electrons. The molecule has 0 saturated heterocycles. The van der Waals surface area contributed by atoms with E-state index in [1.165, 1.54) is 6.42 Å². The van der Waals surface area contributed by atoms with Crippen molar-refractivity contribution in [2.75, 3.05) is 0 Å². The van der Waals surface area contributed by atoms with Gasteiger partial charge in [-0.05, 0) is 33.6 Å². The van der Waals surface area contributed by atoms with Crippen LogP contribution in [0.25, 0.3) is 0 Å². The van der Waals surface area contributed by atoms with Gasteiger partial charge in [0.1, 0.15) is 0 Å². The zero-order valence-electron chi connectivity index (χ0n) is 8.84. The second-order valence-corrected chi connectivity index (χ2v) is 5.56. The standard InChI is InChI=1S/C11H20O2/c1-10(2,3)13-9-7-8(12)11(9)5-4-6-11/h8-9,12H,4-7H2,1-3H3/t8-,9-/m1/s1. The lowest BCUT2D eigenvalue weighted by Gasteiger charge is -2.60. The van der Waals surface area contributed by atoms with Crippen LogP contribution in [-0.2, 0) is 4.74 Å². The predicted molar refractivity (Wildman–Crippen MR) is 51.5 cm³/mol. The van der Waals surface area contributed by atoms with Crippen LogP contribution in [0.2, 0.25) is 0 Å². The van der Waals surface area contributed by atoms with Crippen LogP contribution < -0.4 is 0 Å². The Morgan fingerprint density at radius 2 is 1.92 bits per heavy atom. The minimum atomic E-state index is -0.0893. The van der Waals surface area contributed by atoms with Gasteiger partial charge in [-0.25, -0.2) is 0 Å². The van der Waals surface area contributed by atoms with Crippen LogP contribution in [0, 0.1) is 5.41 Å². The van der Waals surface area contributed by atoms with E-state index in [0.717, 1.165) is 19.3 Å². The van der Waals surface area contributed by atoms with Gasteiger partial charge in [-0.1, -0.05) is 6.42 Å². The Hall–Kier alpha value is -0.0800. The minimum Gasteiger partial charge on any atom is -0.392 e. The van der Waals surface area contributed by atoms with E-state index < -0.39 is 0 Å². The highest BCUT2D eigenvalue weighted by Crippen LogP contribution is 2.57. The maximum absolute atomic E-state index is 9.71. The molecule has 2 saturated carbocycles. The Kier molecular flexibility index (Phi) is 1.97. The number of aliphatic hydroxyl groups is 1. The van der Waals surface area contributed by atoms with Gasteiger partial charge in [-0.2, -0.15) is 0 Å². The minimum absolute atomic E-state index is 0.0621. The summed E-state index contributed by atoms with van der Waals surface area (Å²) in [5.74, 6) is 0. The fourth-order valence-corrected chi connectivity index (χ4v) is 2.56. The third-order valence-electron chi connectivity index (χ3n) is 3.52. The second-order valence-electron chi connectivity index (χ2n) is 5.56. The third kappa shape index (κ3) is 1.40. The maximum atomic E-state index is 9.71. The zero-order valence-corrected chi connectivity index (χ0v) is 8.84. The Morgan fingerprint density at radius 1 is 1.31 bits per heavy atom. The van der Waals surface area contributed by atoms with Crippen LogP contribution >= 0.6 is 0 Å². The number of ether oxygens (including phenoxy) is 1. The van der Waals surface area contributed by atoms with Crippen LogP contribution in [0.4, 0.5) is 0 Å². The van der Waals surface area contributed by atoms with Crippen molar-refractivity contribution in [1.82, 2.24) is 0 Å². The van der Waals surface area contributed by atoms with Gasteiger partial charge in [0.2, 0.25) is 0 Å². The van der Waals surface area contributed by atoms with Crippen molar-refractivity contribution in [2.45, 2.75) is 64.3 Å². The molecule has 0 heterocycles. The fraction of sp³-hybridized carbons (Fsp3) is 1.00. The summed E-state index contributed by atoms with van der Waals surface area (Å²) in [4.78, 5) is 0. The highest BCUT2D eigenvalue weighted by Gasteiger charge is 2.59. The molecule has 2 atom stereocenters. The van der Waals surface area contributed by atoms with E-state index in [0.29, 0.717) is 6.10 Å². The molecule has 2 aliphatic rings. The first-order valence-corrected chi connectivity index (χ1v) is 5.30. The molecule has 0 bridgehead atoms. The van der Waals surface area contributed by atoms with Crippen LogP contribution in [0.15, 0.2) is 0 Å². The van der Waals surface area contributed by atoms with Crippen molar-refractivity contribution in [1.29, 1.82) is 0 Å². The van der Waals surface area contributed by atoms with Gasteiger partial charge in [0.25, 0.3) is 0 Å². The molecule has 1 N–H and O–H groups in total. The molecular weight excluding hydrogens is 164 g/mol. The molecule has 1 spiro atoms. The van der Waals surface area contributed by atoms with E-state index in [9.17, 15) is 5.11 Å². The number of hydrogen-bond acceptors (Lipinski definition) is 2. The van der Waals surface area contributed by atoms with Gasteiger partial charge in [0.15, 0.2) is 0 Å². The van der Waals surface area contributed by atoms with Gasteiger partial charge < -0.3 is 9.84 Å². The summed E-state index contributed by atoms with van der Waals surface area (Å²) in [5, 5.41) is 9.71. The van der Waals surface area contributed by atoms with Crippen LogP contribution in [0.5, 0.6) is 0 Å². The van der Waals surface area contributed by atoms with Gasteiger partial charge in [-0.3, -0.25) is 0 Å². The first-order valence-electron chi connectivity index (χ1n) is 5.30. The molecule has 0 unspecified atom stereocenters. The zero-order chi connectivity index (χ0) is 9.69. The van der Waals surface area contributed by atoms with E-state index in [-0.39, 0.29) is 17.1 Å². The maximum Gasteiger partial charge on any atom is 0.0688 e. The molecule has 2 aliphatic carbocycles. The van der Waals surface area contributed by atoms with Crippen LogP contribution in [-0.4, -0.2) is 22.9 Å². The van der Waals surface area contributed by atoms with Crippen LogP contribution in [0.3, 0.4) is 0 Å². The molecular formula is C11H20O2. The Balaban J connectivity index is 1.96. The van der Waals surface area contributed by atoms with Crippen molar-refractivity contribution in [2.24, 2.45) is 5.41 Å². The van der Waals surface area contributed by atoms with Crippen molar-refractivity contribution in [3.63, 3.8) is 0 Å². The normalized spacial score (nSPS) is 36.9. The summed E-state index contributed by atoms with van der Waals surface area (Å²) in [5.41, 5.74) is 0.0979. The topological polar surface area (TPSA) is 29.5 Å². The molecule has 0 amide bonds. The van der Waals surface area contributed by atoms with E-state index >= 15 is 0 Å². The summed E-state index contributed by atoms with van der Waals surface area (Å²) < 4.78 is 5.94. The monoisotopic (exact) mass is 184 g/mol.